The van der Waals surface area contributed by atoms with Gasteiger partial charge in [0.2, 0.25) is 0 Å². The lowest BCUT2D eigenvalue weighted by Crippen LogP contribution is -1.96. The van der Waals surface area contributed by atoms with Crippen LogP contribution in [-0.4, -0.2) is 11.1 Å². The highest BCUT2D eigenvalue weighted by Crippen LogP contribution is 2.05. The summed E-state index contributed by atoms with van der Waals surface area (Å²) < 4.78 is 0. The van der Waals surface area contributed by atoms with Gasteiger partial charge in [0, 0.05) is 5.57 Å². The first-order valence-electron chi connectivity index (χ1n) is 5.31. The molecule has 0 aliphatic carbocycles. The van der Waals surface area contributed by atoms with Crippen LogP contribution in [0.4, 0.5) is 0 Å². The zero-order valence-electron chi connectivity index (χ0n) is 10.1. The summed E-state index contributed by atoms with van der Waals surface area (Å²) in [5.74, 6) is -0.942. The summed E-state index contributed by atoms with van der Waals surface area (Å²) in [6.45, 7) is 8.68. The third-order valence-electron chi connectivity index (χ3n) is 1.78. The van der Waals surface area contributed by atoms with Crippen molar-refractivity contribution in [1.82, 2.24) is 0 Å². The third kappa shape index (κ3) is 7.79. The number of carbonyl (C=O) groups is 1. The lowest BCUT2D eigenvalue weighted by Gasteiger charge is -1.93. The minimum absolute atomic E-state index is 0.206. The van der Waals surface area contributed by atoms with Crippen molar-refractivity contribution >= 4 is 12.0 Å². The number of hydrogen-bond acceptors (Lipinski definition) is 1. The summed E-state index contributed by atoms with van der Waals surface area (Å²) in [5.41, 5.74) is 1.27. The number of rotatable bonds is 4. The van der Waals surface area contributed by atoms with Gasteiger partial charge < -0.3 is 5.11 Å². The highest BCUT2D eigenvalue weighted by atomic mass is 16.4. The van der Waals surface area contributed by atoms with Crippen molar-refractivity contribution in [3.05, 3.63) is 66.8 Å². The second kappa shape index (κ2) is 9.16. The maximum absolute atomic E-state index is 10.4. The summed E-state index contributed by atoms with van der Waals surface area (Å²) >= 11 is 0. The van der Waals surface area contributed by atoms with E-state index >= 15 is 0 Å². The van der Waals surface area contributed by atoms with Crippen LogP contribution in [0.25, 0.3) is 6.08 Å². The van der Waals surface area contributed by atoms with Crippen LogP contribution in [0.15, 0.2) is 61.2 Å². The van der Waals surface area contributed by atoms with Crippen LogP contribution in [0.2, 0.25) is 0 Å². The Hall–Kier alpha value is -2.09. The number of aliphatic carboxylic acids is 1. The van der Waals surface area contributed by atoms with Crippen LogP contribution in [0.1, 0.15) is 18.9 Å². The van der Waals surface area contributed by atoms with E-state index in [0.717, 1.165) is 5.56 Å². The molecule has 0 spiro atoms. The van der Waals surface area contributed by atoms with Gasteiger partial charge in [0.25, 0.3) is 0 Å². The molecule has 0 bridgehead atoms. The van der Waals surface area contributed by atoms with E-state index < -0.39 is 5.97 Å². The van der Waals surface area contributed by atoms with Crippen LogP contribution in [0.5, 0.6) is 0 Å². The zero-order valence-corrected chi connectivity index (χ0v) is 10.1. The zero-order chi connectivity index (χ0) is 13.1. The molecule has 90 valence electrons. The molecule has 1 aromatic rings. The average Bonchev–Trinajstić information content (AvgIpc) is 2.31. The smallest absolute Gasteiger partial charge is 0.331 e. The number of benzene rings is 1. The molecule has 2 nitrogen and oxygen atoms in total. The highest BCUT2D eigenvalue weighted by Gasteiger charge is 1.99. The molecule has 0 aromatic heterocycles. The Labute approximate surface area is 103 Å². The van der Waals surface area contributed by atoms with Crippen molar-refractivity contribution in [3.8, 4) is 0 Å². The van der Waals surface area contributed by atoms with Gasteiger partial charge in [-0.3, -0.25) is 0 Å². The predicted octanol–water partition coefficient (Wildman–Crippen LogP) is 3.92. The number of carboxylic acid groups (broad SMARTS) is 1. The second-order valence-electron chi connectivity index (χ2n) is 3.33. The summed E-state index contributed by atoms with van der Waals surface area (Å²) in [7, 11) is 0. The summed E-state index contributed by atoms with van der Waals surface area (Å²) in [4.78, 5) is 10.4. The molecular formula is C15H18O2. The molecule has 1 rings (SSSR count). The number of allylic oxidation sites excluding steroid dienone is 2. The quantitative estimate of drug-likeness (QED) is 0.628. The first kappa shape index (κ1) is 14.9. The second-order valence-corrected chi connectivity index (χ2v) is 3.33. The Morgan fingerprint density at radius 3 is 2.35 bits per heavy atom. The van der Waals surface area contributed by atoms with E-state index in [0.29, 0.717) is 6.42 Å². The highest BCUT2D eigenvalue weighted by molar-refractivity contribution is 5.86. The van der Waals surface area contributed by atoms with Gasteiger partial charge in [-0.05, 0) is 18.9 Å². The van der Waals surface area contributed by atoms with Gasteiger partial charge in [-0.2, -0.15) is 0 Å². The monoisotopic (exact) mass is 230 g/mol. The van der Waals surface area contributed by atoms with Gasteiger partial charge in [-0.25, -0.2) is 4.79 Å². The normalized spacial score (nSPS) is 9.24. The maximum atomic E-state index is 10.4. The molecule has 0 atom stereocenters. The molecule has 1 aromatic carbocycles. The van der Waals surface area contributed by atoms with E-state index in [4.69, 9.17) is 5.11 Å². The van der Waals surface area contributed by atoms with Crippen LogP contribution in [0.3, 0.4) is 0 Å². The van der Waals surface area contributed by atoms with Crippen molar-refractivity contribution in [3.63, 3.8) is 0 Å². The Morgan fingerprint density at radius 1 is 1.35 bits per heavy atom. The first-order chi connectivity index (χ1) is 8.11. The third-order valence-corrected chi connectivity index (χ3v) is 1.78. The van der Waals surface area contributed by atoms with Crippen molar-refractivity contribution < 1.29 is 9.90 Å². The SMILES string of the molecule is C=C(CC=Cc1ccccc1)C(=O)O.C=CC. The lowest BCUT2D eigenvalue weighted by molar-refractivity contribution is -0.132. The standard InChI is InChI=1S/C12H12O2.C3H6/c1-10(12(13)14)6-5-9-11-7-3-2-4-8-11;1-3-2/h2-5,7-9H,1,6H2,(H,13,14);3H,1H2,2H3. The molecule has 0 fully saturated rings. The van der Waals surface area contributed by atoms with Gasteiger partial charge in [-0.15, -0.1) is 6.58 Å². The molecule has 0 aliphatic rings. The van der Waals surface area contributed by atoms with Gasteiger partial charge in [0.1, 0.15) is 0 Å². The molecule has 0 radical (unpaired) electrons. The van der Waals surface area contributed by atoms with E-state index in [9.17, 15) is 4.79 Å². The van der Waals surface area contributed by atoms with Gasteiger partial charge >= 0.3 is 5.97 Å². The summed E-state index contributed by atoms with van der Waals surface area (Å²) in [5, 5.41) is 8.55. The molecule has 17 heavy (non-hydrogen) atoms. The van der Waals surface area contributed by atoms with E-state index in [1.54, 1.807) is 12.2 Å². The minimum Gasteiger partial charge on any atom is -0.478 e. The maximum Gasteiger partial charge on any atom is 0.331 e. The van der Waals surface area contributed by atoms with Crippen molar-refractivity contribution in [1.29, 1.82) is 0 Å². The molecule has 2 heteroatoms. The van der Waals surface area contributed by atoms with Crippen molar-refractivity contribution in [2.24, 2.45) is 0 Å². The molecule has 0 saturated carbocycles. The molecule has 0 amide bonds. The largest absolute Gasteiger partial charge is 0.478 e. The van der Waals surface area contributed by atoms with E-state index in [1.165, 1.54) is 0 Å². The Bertz CT molecular complexity index is 389. The van der Waals surface area contributed by atoms with Crippen molar-refractivity contribution in [2.45, 2.75) is 13.3 Å². The topological polar surface area (TPSA) is 37.3 Å². The predicted molar refractivity (Wildman–Crippen MR) is 72.7 cm³/mol. The summed E-state index contributed by atoms with van der Waals surface area (Å²) in [6, 6.07) is 9.73. The van der Waals surface area contributed by atoms with Crippen LogP contribution in [0, 0.1) is 0 Å². The molecule has 0 saturated heterocycles. The molecule has 0 aliphatic heterocycles. The van der Waals surface area contributed by atoms with E-state index in [2.05, 4.69) is 13.2 Å². The molecular weight excluding hydrogens is 212 g/mol. The molecule has 0 unspecified atom stereocenters. The fraction of sp³-hybridized carbons (Fsp3) is 0.133. The first-order valence-corrected chi connectivity index (χ1v) is 5.31. The number of carboxylic acids is 1. The van der Waals surface area contributed by atoms with Gasteiger partial charge in [0.15, 0.2) is 0 Å². The summed E-state index contributed by atoms with van der Waals surface area (Å²) in [6.07, 6.45) is 5.81. The van der Waals surface area contributed by atoms with Crippen LogP contribution >= 0.6 is 0 Å². The minimum atomic E-state index is -0.942. The Kier molecular flexibility index (Phi) is 8.03. The van der Waals surface area contributed by atoms with Crippen LogP contribution < -0.4 is 0 Å². The molecule has 0 heterocycles. The van der Waals surface area contributed by atoms with E-state index in [-0.39, 0.29) is 5.57 Å². The van der Waals surface area contributed by atoms with Crippen molar-refractivity contribution in [2.75, 3.05) is 0 Å². The van der Waals surface area contributed by atoms with Gasteiger partial charge in [-0.1, -0.05) is 55.1 Å². The number of hydrogen-bond donors (Lipinski definition) is 1. The average molecular weight is 230 g/mol. The fourth-order valence-corrected chi connectivity index (χ4v) is 0.989. The fourth-order valence-electron chi connectivity index (χ4n) is 0.989. The molecule has 1 N–H and O–H groups in total. The van der Waals surface area contributed by atoms with E-state index in [1.807, 2.05) is 43.3 Å². The van der Waals surface area contributed by atoms with Gasteiger partial charge in [0.05, 0.1) is 0 Å². The lowest BCUT2D eigenvalue weighted by atomic mass is 10.1. The van der Waals surface area contributed by atoms with Crippen LogP contribution in [-0.2, 0) is 4.79 Å². The Balaban J connectivity index is 0.000000770. The Morgan fingerprint density at radius 2 is 1.88 bits per heavy atom.